The normalized spacial score (nSPS) is 13.4. The lowest BCUT2D eigenvalue weighted by molar-refractivity contribution is -0.119. The zero-order chi connectivity index (χ0) is 13.2. The van der Waals surface area contributed by atoms with Gasteiger partial charge in [-0.3, -0.25) is 4.79 Å². The van der Waals surface area contributed by atoms with Crippen LogP contribution in [-0.2, 0) is 4.79 Å². The highest BCUT2D eigenvalue weighted by atomic mass is 35.5. The molecular formula is C11H14ClF3N2O. The minimum absolute atomic E-state index is 0. The Morgan fingerprint density at radius 1 is 1.17 bits per heavy atom. The molecule has 0 aliphatic heterocycles. The molecule has 0 aromatic heterocycles. The number of halogens is 4. The number of hydrogen-bond donors (Lipinski definition) is 2. The number of nitrogens with two attached hydrogens (primary N) is 1. The summed E-state index contributed by atoms with van der Waals surface area (Å²) in [5.74, 6) is -4.68. The van der Waals surface area contributed by atoms with E-state index in [4.69, 9.17) is 5.73 Å². The second kappa shape index (κ2) is 6.61. The summed E-state index contributed by atoms with van der Waals surface area (Å²) in [4.78, 5) is 11.5. The van der Waals surface area contributed by atoms with E-state index in [0.717, 1.165) is 0 Å². The average Bonchev–Trinajstić information content (AvgIpc) is 2.24. The standard InChI is InChI=1S/C11H13F3N2O.ClH/c1-5(6(2)15)11(17)16-10-4-8(13)7(12)3-9(10)14;/h3-6H,15H2,1-2H3,(H,16,17);1H. The Kier molecular flexibility index (Phi) is 6.14. The Labute approximate surface area is 109 Å². The molecule has 2 unspecified atom stereocenters. The van der Waals surface area contributed by atoms with Crippen LogP contribution in [0.4, 0.5) is 18.9 Å². The molecule has 0 spiro atoms. The molecule has 3 nitrogen and oxygen atoms in total. The van der Waals surface area contributed by atoms with Crippen LogP contribution in [-0.4, -0.2) is 11.9 Å². The summed E-state index contributed by atoms with van der Waals surface area (Å²) in [6.45, 7) is 3.17. The van der Waals surface area contributed by atoms with Gasteiger partial charge in [0.15, 0.2) is 11.6 Å². The van der Waals surface area contributed by atoms with Crippen molar-refractivity contribution < 1.29 is 18.0 Å². The van der Waals surface area contributed by atoms with Crippen LogP contribution < -0.4 is 11.1 Å². The van der Waals surface area contributed by atoms with E-state index >= 15 is 0 Å². The van der Waals surface area contributed by atoms with Crippen molar-refractivity contribution in [2.75, 3.05) is 5.32 Å². The Morgan fingerprint density at radius 3 is 2.17 bits per heavy atom. The monoisotopic (exact) mass is 282 g/mol. The van der Waals surface area contributed by atoms with Crippen LogP contribution in [0.3, 0.4) is 0 Å². The predicted octanol–water partition coefficient (Wildman–Crippen LogP) is 2.45. The van der Waals surface area contributed by atoms with Gasteiger partial charge >= 0.3 is 0 Å². The summed E-state index contributed by atoms with van der Waals surface area (Å²) >= 11 is 0. The molecule has 1 aromatic carbocycles. The first-order valence-corrected chi connectivity index (χ1v) is 5.04. The van der Waals surface area contributed by atoms with Gasteiger partial charge < -0.3 is 11.1 Å². The van der Waals surface area contributed by atoms with Crippen LogP contribution in [0.15, 0.2) is 12.1 Å². The van der Waals surface area contributed by atoms with Crippen LogP contribution in [0.2, 0.25) is 0 Å². The van der Waals surface area contributed by atoms with Crippen LogP contribution in [0.5, 0.6) is 0 Å². The maximum Gasteiger partial charge on any atom is 0.228 e. The molecule has 0 radical (unpaired) electrons. The molecular weight excluding hydrogens is 269 g/mol. The Hall–Kier alpha value is -1.27. The van der Waals surface area contributed by atoms with Crippen LogP contribution in [0.1, 0.15) is 13.8 Å². The lowest BCUT2D eigenvalue weighted by Gasteiger charge is -2.15. The quantitative estimate of drug-likeness (QED) is 0.837. The van der Waals surface area contributed by atoms with E-state index in [1.54, 1.807) is 13.8 Å². The Bertz CT molecular complexity index is 441. The zero-order valence-electron chi connectivity index (χ0n) is 9.84. The summed E-state index contributed by atoms with van der Waals surface area (Å²) in [6, 6.07) is 0.543. The molecule has 102 valence electrons. The van der Waals surface area contributed by atoms with Crippen molar-refractivity contribution in [3.63, 3.8) is 0 Å². The fourth-order valence-electron chi connectivity index (χ4n) is 1.10. The smallest absolute Gasteiger partial charge is 0.228 e. The van der Waals surface area contributed by atoms with E-state index < -0.39 is 41.0 Å². The van der Waals surface area contributed by atoms with Gasteiger partial charge in [-0.05, 0) is 6.92 Å². The van der Waals surface area contributed by atoms with E-state index in [1.165, 1.54) is 0 Å². The SMILES string of the molecule is CC(N)C(C)C(=O)Nc1cc(F)c(F)cc1F.Cl. The van der Waals surface area contributed by atoms with Crippen molar-refractivity contribution in [2.24, 2.45) is 11.7 Å². The number of benzene rings is 1. The molecule has 0 saturated carbocycles. The molecule has 1 aromatic rings. The minimum atomic E-state index is -1.30. The van der Waals surface area contributed by atoms with Crippen molar-refractivity contribution >= 4 is 24.0 Å². The number of rotatable bonds is 3. The van der Waals surface area contributed by atoms with Gasteiger partial charge in [0.05, 0.1) is 11.6 Å². The number of carbonyl (C=O) groups is 1. The molecule has 1 amide bonds. The van der Waals surface area contributed by atoms with Crippen LogP contribution in [0.25, 0.3) is 0 Å². The molecule has 7 heteroatoms. The number of carbonyl (C=O) groups excluding carboxylic acids is 1. The van der Waals surface area contributed by atoms with Crippen molar-refractivity contribution in [3.05, 3.63) is 29.6 Å². The second-order valence-corrected chi connectivity index (χ2v) is 3.88. The molecule has 2 atom stereocenters. The van der Waals surface area contributed by atoms with E-state index in [2.05, 4.69) is 5.32 Å². The highest BCUT2D eigenvalue weighted by molar-refractivity contribution is 5.92. The van der Waals surface area contributed by atoms with Gasteiger partial charge in [-0.25, -0.2) is 13.2 Å². The number of nitrogens with one attached hydrogen (secondary N) is 1. The fourth-order valence-corrected chi connectivity index (χ4v) is 1.10. The van der Waals surface area contributed by atoms with Crippen molar-refractivity contribution in [1.82, 2.24) is 0 Å². The first-order valence-electron chi connectivity index (χ1n) is 5.04. The Balaban J connectivity index is 0.00000289. The molecule has 0 fully saturated rings. The molecule has 3 N–H and O–H groups in total. The van der Waals surface area contributed by atoms with Gasteiger partial charge in [-0.2, -0.15) is 0 Å². The van der Waals surface area contributed by atoms with Gasteiger partial charge in [0.25, 0.3) is 0 Å². The van der Waals surface area contributed by atoms with Gasteiger partial charge in [0.2, 0.25) is 5.91 Å². The lowest BCUT2D eigenvalue weighted by Crippen LogP contribution is -2.34. The molecule has 0 aliphatic rings. The summed E-state index contributed by atoms with van der Waals surface area (Å²) in [5.41, 5.74) is 5.09. The van der Waals surface area contributed by atoms with Gasteiger partial charge in [-0.1, -0.05) is 6.92 Å². The van der Waals surface area contributed by atoms with E-state index in [9.17, 15) is 18.0 Å². The molecule has 18 heavy (non-hydrogen) atoms. The lowest BCUT2D eigenvalue weighted by atomic mass is 10.0. The third kappa shape index (κ3) is 3.89. The molecule has 0 aliphatic carbocycles. The van der Waals surface area contributed by atoms with Crippen molar-refractivity contribution in [1.29, 1.82) is 0 Å². The molecule has 0 heterocycles. The van der Waals surface area contributed by atoms with Crippen LogP contribution >= 0.6 is 12.4 Å². The topological polar surface area (TPSA) is 55.1 Å². The molecule has 0 saturated heterocycles. The predicted molar refractivity (Wildman–Crippen MR) is 65.0 cm³/mol. The van der Waals surface area contributed by atoms with Crippen molar-refractivity contribution in [2.45, 2.75) is 19.9 Å². The van der Waals surface area contributed by atoms with Crippen LogP contribution in [0, 0.1) is 23.4 Å². The first kappa shape index (κ1) is 16.7. The maximum absolute atomic E-state index is 13.2. The summed E-state index contributed by atoms with van der Waals surface area (Å²) in [5, 5.41) is 2.16. The molecule has 0 bridgehead atoms. The molecule has 1 rings (SSSR count). The average molecular weight is 283 g/mol. The van der Waals surface area contributed by atoms with E-state index in [-0.39, 0.29) is 12.4 Å². The maximum atomic E-state index is 13.2. The number of anilines is 1. The third-order valence-corrected chi connectivity index (χ3v) is 2.47. The number of hydrogen-bond acceptors (Lipinski definition) is 2. The summed E-state index contributed by atoms with van der Waals surface area (Å²) in [7, 11) is 0. The fraction of sp³-hybridized carbons (Fsp3) is 0.364. The Morgan fingerprint density at radius 2 is 1.67 bits per heavy atom. The highest BCUT2D eigenvalue weighted by Gasteiger charge is 2.19. The summed E-state index contributed by atoms with van der Waals surface area (Å²) < 4.78 is 38.7. The van der Waals surface area contributed by atoms with Gasteiger partial charge in [0.1, 0.15) is 5.82 Å². The highest BCUT2D eigenvalue weighted by Crippen LogP contribution is 2.19. The third-order valence-electron chi connectivity index (χ3n) is 2.47. The van der Waals surface area contributed by atoms with Crippen molar-refractivity contribution in [3.8, 4) is 0 Å². The van der Waals surface area contributed by atoms with E-state index in [0.29, 0.717) is 12.1 Å². The van der Waals surface area contributed by atoms with Gasteiger partial charge in [-0.15, -0.1) is 12.4 Å². The zero-order valence-corrected chi connectivity index (χ0v) is 10.7. The number of amides is 1. The minimum Gasteiger partial charge on any atom is -0.327 e. The largest absolute Gasteiger partial charge is 0.327 e. The van der Waals surface area contributed by atoms with Gasteiger partial charge in [0, 0.05) is 18.2 Å². The first-order chi connectivity index (χ1) is 7.82. The summed E-state index contributed by atoms with van der Waals surface area (Å²) in [6.07, 6.45) is 0. The van der Waals surface area contributed by atoms with E-state index in [1.807, 2.05) is 0 Å². The second-order valence-electron chi connectivity index (χ2n) is 3.88.